The molecule has 3 aromatic rings. The van der Waals surface area contributed by atoms with E-state index in [0.29, 0.717) is 37.1 Å². The van der Waals surface area contributed by atoms with E-state index in [1.54, 1.807) is 7.11 Å². The number of carbonyl (C=O) groups excluding carboxylic acids is 2. The molecule has 2 aliphatic rings. The Morgan fingerprint density at radius 2 is 1.70 bits per heavy atom. The van der Waals surface area contributed by atoms with Crippen molar-refractivity contribution in [2.75, 3.05) is 32.5 Å². The number of aryl methyl sites for hydroxylation is 1. The number of ether oxygens (including phenoxy) is 1. The topological polar surface area (TPSA) is 80.6 Å². The van der Waals surface area contributed by atoms with Gasteiger partial charge in [-0.15, -0.1) is 10.2 Å². The molecular weight excluding hydrogens is 522 g/mol. The Labute approximate surface area is 241 Å². The maximum absolute atomic E-state index is 13.3. The highest BCUT2D eigenvalue weighted by Crippen LogP contribution is 2.31. The van der Waals surface area contributed by atoms with Crippen LogP contribution in [-0.4, -0.2) is 74.9 Å². The zero-order chi connectivity index (χ0) is 28.1. The number of thioether (sulfide) groups is 1. The first-order valence-corrected chi connectivity index (χ1v) is 15.3. The third-order valence-electron chi connectivity index (χ3n) is 8.14. The Hall–Kier alpha value is -3.33. The van der Waals surface area contributed by atoms with Crippen molar-refractivity contribution in [2.24, 2.45) is 5.92 Å². The van der Waals surface area contributed by atoms with E-state index in [4.69, 9.17) is 4.74 Å². The summed E-state index contributed by atoms with van der Waals surface area (Å²) in [6, 6.07) is 16.0. The van der Waals surface area contributed by atoms with E-state index < -0.39 is 0 Å². The van der Waals surface area contributed by atoms with Gasteiger partial charge < -0.3 is 14.5 Å². The minimum atomic E-state index is 0.0230. The fourth-order valence-corrected chi connectivity index (χ4v) is 6.61. The fourth-order valence-electron chi connectivity index (χ4n) is 5.76. The van der Waals surface area contributed by atoms with Gasteiger partial charge >= 0.3 is 0 Å². The molecule has 1 saturated carbocycles. The average Bonchev–Trinajstić information content (AvgIpc) is 3.65. The Morgan fingerprint density at radius 3 is 2.38 bits per heavy atom. The van der Waals surface area contributed by atoms with Crippen LogP contribution < -0.4 is 4.74 Å². The summed E-state index contributed by atoms with van der Waals surface area (Å²) < 4.78 is 7.33. The van der Waals surface area contributed by atoms with E-state index in [-0.39, 0.29) is 23.6 Å². The van der Waals surface area contributed by atoms with Gasteiger partial charge in [0, 0.05) is 43.3 Å². The standard InChI is InChI=1S/C31H39N5O3S/c1-22-8-11-25(12-9-22)30-32-33-31(36(30)26-13-15-27(39-3)16-14-26)40-21-29(38)34-18-19-35(23(2)20-34)28(37)17-10-24-6-4-5-7-24/h8-9,11-16,23-24H,4-7,10,17-21H2,1-3H3. The van der Waals surface area contributed by atoms with Crippen LogP contribution in [0.2, 0.25) is 0 Å². The van der Waals surface area contributed by atoms with Crippen molar-refractivity contribution in [1.82, 2.24) is 24.6 Å². The summed E-state index contributed by atoms with van der Waals surface area (Å²) in [5.41, 5.74) is 3.02. The van der Waals surface area contributed by atoms with E-state index in [1.165, 1.54) is 43.0 Å². The number of piperazine rings is 1. The molecule has 1 aliphatic carbocycles. The molecule has 2 heterocycles. The monoisotopic (exact) mass is 561 g/mol. The molecule has 0 N–H and O–H groups in total. The van der Waals surface area contributed by atoms with Gasteiger partial charge in [-0.2, -0.15) is 0 Å². The number of benzene rings is 2. The molecule has 212 valence electrons. The second-order valence-electron chi connectivity index (χ2n) is 11.0. The number of hydrogen-bond donors (Lipinski definition) is 0. The largest absolute Gasteiger partial charge is 0.497 e. The second kappa shape index (κ2) is 12.9. The molecule has 0 radical (unpaired) electrons. The van der Waals surface area contributed by atoms with Gasteiger partial charge in [0.25, 0.3) is 0 Å². The number of carbonyl (C=O) groups is 2. The van der Waals surface area contributed by atoms with Crippen LogP contribution in [0.4, 0.5) is 0 Å². The number of methoxy groups -OCH3 is 1. The first kappa shape index (κ1) is 28.2. The van der Waals surface area contributed by atoms with Crippen molar-refractivity contribution in [1.29, 1.82) is 0 Å². The van der Waals surface area contributed by atoms with Crippen molar-refractivity contribution in [3.63, 3.8) is 0 Å². The summed E-state index contributed by atoms with van der Waals surface area (Å²) in [4.78, 5) is 30.0. The van der Waals surface area contributed by atoms with Crippen LogP contribution in [0.25, 0.3) is 17.1 Å². The molecule has 2 amide bonds. The number of aromatic nitrogens is 3. The summed E-state index contributed by atoms with van der Waals surface area (Å²) in [5, 5.41) is 9.64. The molecule has 2 fully saturated rings. The van der Waals surface area contributed by atoms with Gasteiger partial charge in [0.15, 0.2) is 11.0 Å². The van der Waals surface area contributed by atoms with Gasteiger partial charge in [0.1, 0.15) is 5.75 Å². The molecule has 1 aliphatic heterocycles. The van der Waals surface area contributed by atoms with E-state index in [9.17, 15) is 9.59 Å². The number of amides is 2. The van der Waals surface area contributed by atoms with Crippen LogP contribution in [0.3, 0.4) is 0 Å². The highest BCUT2D eigenvalue weighted by molar-refractivity contribution is 7.99. The van der Waals surface area contributed by atoms with E-state index in [0.717, 1.165) is 29.2 Å². The van der Waals surface area contributed by atoms with Gasteiger partial charge in [-0.25, -0.2) is 0 Å². The van der Waals surface area contributed by atoms with Crippen LogP contribution in [0.15, 0.2) is 53.7 Å². The summed E-state index contributed by atoms with van der Waals surface area (Å²) in [5.74, 6) is 2.74. The predicted octanol–water partition coefficient (Wildman–Crippen LogP) is 5.37. The summed E-state index contributed by atoms with van der Waals surface area (Å²) >= 11 is 1.39. The van der Waals surface area contributed by atoms with Crippen molar-refractivity contribution in [3.05, 3.63) is 54.1 Å². The molecule has 1 unspecified atom stereocenters. The average molecular weight is 562 g/mol. The molecule has 1 saturated heterocycles. The highest BCUT2D eigenvalue weighted by atomic mass is 32.2. The second-order valence-corrected chi connectivity index (χ2v) is 11.9. The fraction of sp³-hybridized carbons (Fsp3) is 0.484. The van der Waals surface area contributed by atoms with Crippen LogP contribution in [0.1, 0.15) is 51.0 Å². The first-order valence-electron chi connectivity index (χ1n) is 14.3. The molecule has 1 atom stereocenters. The normalized spacial score (nSPS) is 17.8. The van der Waals surface area contributed by atoms with Gasteiger partial charge in [0.05, 0.1) is 12.9 Å². The highest BCUT2D eigenvalue weighted by Gasteiger charge is 2.30. The maximum atomic E-state index is 13.3. The zero-order valence-electron chi connectivity index (χ0n) is 23.7. The molecule has 0 bridgehead atoms. The Balaban J connectivity index is 1.24. The lowest BCUT2D eigenvalue weighted by Crippen LogP contribution is -2.55. The lowest BCUT2D eigenvalue weighted by atomic mass is 10.0. The van der Waals surface area contributed by atoms with Gasteiger partial charge in [-0.05, 0) is 50.5 Å². The number of nitrogens with zero attached hydrogens (tertiary/aromatic N) is 5. The van der Waals surface area contributed by atoms with Crippen LogP contribution >= 0.6 is 11.8 Å². The van der Waals surface area contributed by atoms with Gasteiger partial charge in [-0.1, -0.05) is 67.3 Å². The van der Waals surface area contributed by atoms with Crippen LogP contribution in [-0.2, 0) is 9.59 Å². The lowest BCUT2D eigenvalue weighted by molar-refractivity contribution is -0.141. The minimum absolute atomic E-state index is 0.0230. The molecule has 1 aromatic heterocycles. The van der Waals surface area contributed by atoms with Crippen molar-refractivity contribution in [2.45, 2.75) is 63.6 Å². The molecule has 2 aromatic carbocycles. The summed E-state index contributed by atoms with van der Waals surface area (Å²) in [6.45, 7) is 5.83. The first-order chi connectivity index (χ1) is 19.4. The maximum Gasteiger partial charge on any atom is 0.233 e. The van der Waals surface area contributed by atoms with Crippen LogP contribution in [0, 0.1) is 12.8 Å². The molecule has 40 heavy (non-hydrogen) atoms. The van der Waals surface area contributed by atoms with Gasteiger partial charge in [0.2, 0.25) is 11.8 Å². The summed E-state index contributed by atoms with van der Waals surface area (Å²) in [6.07, 6.45) is 6.77. The molecule has 5 rings (SSSR count). The lowest BCUT2D eigenvalue weighted by Gasteiger charge is -2.40. The van der Waals surface area contributed by atoms with Crippen LogP contribution in [0.5, 0.6) is 5.75 Å². The number of hydrogen-bond acceptors (Lipinski definition) is 6. The predicted molar refractivity (Wildman–Crippen MR) is 158 cm³/mol. The quantitative estimate of drug-likeness (QED) is 0.327. The summed E-state index contributed by atoms with van der Waals surface area (Å²) in [7, 11) is 1.64. The van der Waals surface area contributed by atoms with E-state index in [1.807, 2.05) is 57.7 Å². The Kier molecular flexibility index (Phi) is 9.09. The third kappa shape index (κ3) is 6.52. The van der Waals surface area contributed by atoms with Crippen molar-refractivity contribution >= 4 is 23.6 Å². The zero-order valence-corrected chi connectivity index (χ0v) is 24.5. The Bertz CT molecular complexity index is 1300. The van der Waals surface area contributed by atoms with Crippen molar-refractivity contribution < 1.29 is 14.3 Å². The molecular formula is C31H39N5O3S. The smallest absolute Gasteiger partial charge is 0.233 e. The minimum Gasteiger partial charge on any atom is -0.497 e. The molecule has 9 heteroatoms. The number of rotatable bonds is 9. The van der Waals surface area contributed by atoms with Crippen molar-refractivity contribution in [3.8, 4) is 22.8 Å². The molecule has 0 spiro atoms. The van der Waals surface area contributed by atoms with E-state index in [2.05, 4.69) is 29.3 Å². The Morgan fingerprint density at radius 1 is 0.975 bits per heavy atom. The van der Waals surface area contributed by atoms with E-state index >= 15 is 0 Å². The third-order valence-corrected chi connectivity index (χ3v) is 9.05. The SMILES string of the molecule is COc1ccc(-n2c(SCC(=O)N3CCN(C(=O)CCC4CCCC4)C(C)C3)nnc2-c2ccc(C)cc2)cc1. The van der Waals surface area contributed by atoms with Gasteiger partial charge in [-0.3, -0.25) is 14.2 Å². The molecule has 8 nitrogen and oxygen atoms in total.